The van der Waals surface area contributed by atoms with Gasteiger partial charge in [-0.1, -0.05) is 20.3 Å². The molecule has 0 amide bonds. The second kappa shape index (κ2) is 3.32. The molecule has 0 radical (unpaired) electrons. The molecule has 1 saturated heterocycles. The summed E-state index contributed by atoms with van der Waals surface area (Å²) in [6, 6.07) is 0. The van der Waals surface area contributed by atoms with Crippen molar-refractivity contribution in [2.24, 2.45) is 5.92 Å². The first-order valence-corrected chi connectivity index (χ1v) is 3.69. The summed E-state index contributed by atoms with van der Waals surface area (Å²) >= 11 is 0. The summed E-state index contributed by atoms with van der Waals surface area (Å²) in [6.07, 6.45) is 1.14. The van der Waals surface area contributed by atoms with Crippen molar-refractivity contribution in [3.63, 3.8) is 0 Å². The number of aliphatic hydroxyl groups excluding tert-OH is 1. The second-order valence-corrected chi connectivity index (χ2v) is 2.70. The molecule has 1 aliphatic heterocycles. The standard InChI is InChI=1S/C7H14O3/c1-3-5(2)6-4-9-7(8)10-6/h5-8H,3-4H2,1-2H3. The van der Waals surface area contributed by atoms with Gasteiger partial charge in [-0.3, -0.25) is 0 Å². The van der Waals surface area contributed by atoms with Crippen LogP contribution in [-0.2, 0) is 9.47 Å². The van der Waals surface area contributed by atoms with Crippen LogP contribution in [0.1, 0.15) is 20.3 Å². The van der Waals surface area contributed by atoms with Crippen LogP contribution in [0.5, 0.6) is 0 Å². The van der Waals surface area contributed by atoms with E-state index in [4.69, 9.17) is 14.6 Å². The van der Waals surface area contributed by atoms with Gasteiger partial charge in [-0.05, 0) is 5.92 Å². The van der Waals surface area contributed by atoms with Crippen molar-refractivity contribution < 1.29 is 14.6 Å². The number of hydrogen-bond acceptors (Lipinski definition) is 3. The van der Waals surface area contributed by atoms with Gasteiger partial charge in [-0.25, -0.2) is 0 Å². The van der Waals surface area contributed by atoms with Crippen molar-refractivity contribution in [1.29, 1.82) is 0 Å². The molecule has 3 nitrogen and oxygen atoms in total. The summed E-state index contributed by atoms with van der Waals surface area (Å²) in [7, 11) is 0. The van der Waals surface area contributed by atoms with E-state index in [1.807, 2.05) is 0 Å². The molecule has 0 bridgehead atoms. The fourth-order valence-corrected chi connectivity index (χ4v) is 0.967. The third-order valence-corrected chi connectivity index (χ3v) is 1.97. The molecular formula is C7H14O3. The van der Waals surface area contributed by atoms with Gasteiger partial charge in [0.25, 0.3) is 6.48 Å². The maximum Gasteiger partial charge on any atom is 0.269 e. The van der Waals surface area contributed by atoms with Crippen LogP contribution in [0.3, 0.4) is 0 Å². The van der Waals surface area contributed by atoms with E-state index in [0.29, 0.717) is 12.5 Å². The molecule has 0 aromatic heterocycles. The Kier molecular flexibility index (Phi) is 2.65. The van der Waals surface area contributed by atoms with E-state index < -0.39 is 6.48 Å². The Balaban J connectivity index is 2.29. The van der Waals surface area contributed by atoms with E-state index in [-0.39, 0.29) is 6.10 Å². The highest BCUT2D eigenvalue weighted by Gasteiger charge is 2.27. The Bertz CT molecular complexity index is 105. The first-order chi connectivity index (χ1) is 4.74. The molecule has 0 aromatic rings. The monoisotopic (exact) mass is 146 g/mol. The van der Waals surface area contributed by atoms with Gasteiger partial charge in [0.05, 0.1) is 12.7 Å². The van der Waals surface area contributed by atoms with Crippen molar-refractivity contribution in [3.05, 3.63) is 0 Å². The maximum absolute atomic E-state index is 8.80. The second-order valence-electron chi connectivity index (χ2n) is 2.70. The third-order valence-electron chi connectivity index (χ3n) is 1.97. The molecule has 0 aromatic carbocycles. The number of rotatable bonds is 2. The fraction of sp³-hybridized carbons (Fsp3) is 1.00. The summed E-state index contributed by atoms with van der Waals surface area (Å²) < 4.78 is 9.87. The molecule has 3 heteroatoms. The van der Waals surface area contributed by atoms with Gasteiger partial charge in [0.1, 0.15) is 0 Å². The minimum absolute atomic E-state index is 0.0833. The molecule has 1 heterocycles. The van der Waals surface area contributed by atoms with Gasteiger partial charge >= 0.3 is 0 Å². The molecular weight excluding hydrogens is 132 g/mol. The largest absolute Gasteiger partial charge is 0.346 e. The smallest absolute Gasteiger partial charge is 0.269 e. The molecule has 1 fully saturated rings. The maximum atomic E-state index is 8.80. The summed E-state index contributed by atoms with van der Waals surface area (Å²) in [5.74, 6) is 0.470. The predicted molar refractivity (Wildman–Crippen MR) is 36.3 cm³/mol. The zero-order chi connectivity index (χ0) is 7.56. The van der Waals surface area contributed by atoms with Crippen molar-refractivity contribution in [2.75, 3.05) is 6.61 Å². The van der Waals surface area contributed by atoms with E-state index in [2.05, 4.69) is 13.8 Å². The molecule has 10 heavy (non-hydrogen) atoms. The average Bonchev–Trinajstić information content (AvgIpc) is 2.34. The van der Waals surface area contributed by atoms with Crippen LogP contribution < -0.4 is 0 Å². The Morgan fingerprint density at radius 2 is 2.40 bits per heavy atom. The zero-order valence-electron chi connectivity index (χ0n) is 6.41. The van der Waals surface area contributed by atoms with E-state index in [9.17, 15) is 0 Å². The Hall–Kier alpha value is -0.120. The zero-order valence-corrected chi connectivity index (χ0v) is 6.41. The third kappa shape index (κ3) is 1.68. The molecule has 60 valence electrons. The van der Waals surface area contributed by atoms with Gasteiger partial charge in [-0.2, -0.15) is 0 Å². The van der Waals surface area contributed by atoms with Gasteiger partial charge in [-0.15, -0.1) is 0 Å². The highest BCUT2D eigenvalue weighted by molar-refractivity contribution is 4.67. The van der Waals surface area contributed by atoms with E-state index in [1.165, 1.54) is 0 Å². The normalized spacial score (nSPS) is 36.3. The van der Waals surface area contributed by atoms with Crippen molar-refractivity contribution in [3.8, 4) is 0 Å². The minimum Gasteiger partial charge on any atom is -0.346 e. The molecule has 3 unspecified atom stereocenters. The summed E-state index contributed by atoms with van der Waals surface area (Å²) in [5.41, 5.74) is 0. The minimum atomic E-state index is -0.987. The van der Waals surface area contributed by atoms with Crippen LogP contribution in [0.15, 0.2) is 0 Å². The molecule has 0 saturated carbocycles. The Labute approximate surface area is 60.9 Å². The van der Waals surface area contributed by atoms with E-state index in [1.54, 1.807) is 0 Å². The summed E-state index contributed by atoms with van der Waals surface area (Å²) in [4.78, 5) is 0. The van der Waals surface area contributed by atoms with Crippen LogP contribution in [-0.4, -0.2) is 24.3 Å². The number of hydrogen-bond donors (Lipinski definition) is 1. The van der Waals surface area contributed by atoms with Crippen LogP contribution in [0.4, 0.5) is 0 Å². The van der Waals surface area contributed by atoms with Gasteiger partial charge < -0.3 is 14.6 Å². The molecule has 1 rings (SSSR count). The lowest BCUT2D eigenvalue weighted by Gasteiger charge is -2.13. The molecule has 3 atom stereocenters. The van der Waals surface area contributed by atoms with Crippen molar-refractivity contribution in [2.45, 2.75) is 32.8 Å². The van der Waals surface area contributed by atoms with Crippen LogP contribution in [0, 0.1) is 5.92 Å². The lowest BCUT2D eigenvalue weighted by Crippen LogP contribution is -2.20. The quantitative estimate of drug-likeness (QED) is 0.624. The first-order valence-electron chi connectivity index (χ1n) is 3.69. The van der Waals surface area contributed by atoms with Gasteiger partial charge in [0.15, 0.2) is 0 Å². The fourth-order valence-electron chi connectivity index (χ4n) is 0.967. The van der Waals surface area contributed by atoms with Gasteiger partial charge in [0, 0.05) is 0 Å². The highest BCUT2D eigenvalue weighted by atomic mass is 16.8. The van der Waals surface area contributed by atoms with Crippen LogP contribution >= 0.6 is 0 Å². The molecule has 0 aliphatic carbocycles. The topological polar surface area (TPSA) is 38.7 Å². The van der Waals surface area contributed by atoms with E-state index >= 15 is 0 Å². The van der Waals surface area contributed by atoms with E-state index in [0.717, 1.165) is 6.42 Å². The SMILES string of the molecule is CCC(C)C1COC(O)O1. The Morgan fingerprint density at radius 1 is 1.70 bits per heavy atom. The first kappa shape index (κ1) is 7.98. The van der Waals surface area contributed by atoms with Crippen molar-refractivity contribution in [1.82, 2.24) is 0 Å². The molecule has 0 spiro atoms. The number of ether oxygens (including phenoxy) is 2. The predicted octanol–water partition coefficient (Wildman–Crippen LogP) is 0.724. The van der Waals surface area contributed by atoms with Crippen LogP contribution in [0.25, 0.3) is 0 Å². The highest BCUT2D eigenvalue weighted by Crippen LogP contribution is 2.18. The van der Waals surface area contributed by atoms with Crippen molar-refractivity contribution >= 4 is 0 Å². The van der Waals surface area contributed by atoms with Gasteiger partial charge in [0.2, 0.25) is 0 Å². The lowest BCUT2D eigenvalue weighted by atomic mass is 10.0. The average molecular weight is 146 g/mol. The molecule has 1 N–H and O–H groups in total. The summed E-state index contributed by atoms with van der Waals surface area (Å²) in [6.45, 7) is 3.72. The molecule has 1 aliphatic rings. The van der Waals surface area contributed by atoms with Crippen LogP contribution in [0.2, 0.25) is 0 Å². The summed E-state index contributed by atoms with van der Waals surface area (Å²) in [5, 5.41) is 8.80. The lowest BCUT2D eigenvalue weighted by molar-refractivity contribution is -0.207. The number of aliphatic hydroxyl groups is 1. The Morgan fingerprint density at radius 3 is 2.80 bits per heavy atom.